The van der Waals surface area contributed by atoms with Crippen molar-refractivity contribution >= 4 is 39.2 Å². The van der Waals surface area contributed by atoms with Gasteiger partial charge in [0.1, 0.15) is 4.83 Å². The summed E-state index contributed by atoms with van der Waals surface area (Å²) in [7, 11) is 0. The van der Waals surface area contributed by atoms with Crippen molar-refractivity contribution in [2.75, 3.05) is 32.1 Å². The summed E-state index contributed by atoms with van der Waals surface area (Å²) >= 11 is 3.05. The molecule has 5 rings (SSSR count). The number of thioether (sulfide) groups is 1. The fraction of sp³-hybridized carbons (Fsp3) is 0.480. The quantitative estimate of drug-likeness (QED) is 0.394. The van der Waals surface area contributed by atoms with Gasteiger partial charge < -0.3 is 9.64 Å². The molecule has 174 valence electrons. The number of hydrogen-bond donors (Lipinski definition) is 0. The third-order valence-corrected chi connectivity index (χ3v) is 8.65. The number of thiophene rings is 1. The molecule has 3 aromatic rings. The predicted molar refractivity (Wildman–Crippen MR) is 133 cm³/mol. The van der Waals surface area contributed by atoms with Gasteiger partial charge in [0.15, 0.2) is 5.16 Å². The summed E-state index contributed by atoms with van der Waals surface area (Å²) in [6, 6.07) is 10.2. The third-order valence-electron chi connectivity index (χ3n) is 6.54. The molecule has 2 aliphatic rings. The molecule has 1 amide bonds. The largest absolute Gasteiger partial charge is 0.378 e. The number of rotatable bonds is 6. The molecule has 0 bridgehead atoms. The van der Waals surface area contributed by atoms with Gasteiger partial charge in [-0.05, 0) is 42.7 Å². The van der Waals surface area contributed by atoms with Gasteiger partial charge in [-0.25, -0.2) is 4.98 Å². The average molecular weight is 484 g/mol. The van der Waals surface area contributed by atoms with Crippen LogP contribution in [-0.4, -0.2) is 52.4 Å². The molecule has 1 aromatic carbocycles. The number of aryl methyl sites for hydroxylation is 2. The number of aromatic nitrogens is 2. The van der Waals surface area contributed by atoms with Gasteiger partial charge in [-0.3, -0.25) is 14.2 Å². The molecule has 0 unspecified atom stereocenters. The maximum absolute atomic E-state index is 13.7. The predicted octanol–water partition coefficient (Wildman–Crippen LogP) is 3.78. The molecule has 1 fully saturated rings. The molecule has 2 aromatic heterocycles. The first-order valence-electron chi connectivity index (χ1n) is 11.7. The number of fused-ring (bicyclic) bond motifs is 3. The molecule has 0 radical (unpaired) electrons. The molecule has 3 heterocycles. The van der Waals surface area contributed by atoms with E-state index in [0.29, 0.717) is 43.9 Å². The van der Waals surface area contributed by atoms with E-state index in [2.05, 4.69) is 19.1 Å². The van der Waals surface area contributed by atoms with Crippen LogP contribution < -0.4 is 5.56 Å². The molecule has 6 nitrogen and oxygen atoms in total. The maximum atomic E-state index is 13.7. The van der Waals surface area contributed by atoms with E-state index in [4.69, 9.17) is 9.72 Å². The molecule has 8 heteroatoms. The molecule has 1 atom stereocenters. The van der Waals surface area contributed by atoms with Crippen LogP contribution >= 0.6 is 23.1 Å². The molecular formula is C25H29N3O3S2. The zero-order valence-corrected chi connectivity index (χ0v) is 20.6. The smallest absolute Gasteiger partial charge is 0.263 e. The van der Waals surface area contributed by atoms with Crippen molar-refractivity contribution in [1.29, 1.82) is 0 Å². The van der Waals surface area contributed by atoms with Crippen LogP contribution in [0.5, 0.6) is 0 Å². The SMILES string of the molecule is C[C@@H]1CCc2c(sc3nc(SCC(=O)N4CCOCC4)n(CCc4ccccc4)c(=O)c23)C1. The number of hydrogen-bond acceptors (Lipinski definition) is 6. The minimum absolute atomic E-state index is 0.0457. The number of nitrogens with zero attached hydrogens (tertiary/aromatic N) is 3. The Hall–Kier alpha value is -2.16. The maximum Gasteiger partial charge on any atom is 0.263 e. The molecule has 0 spiro atoms. The number of benzene rings is 1. The lowest BCUT2D eigenvalue weighted by Gasteiger charge is -2.26. The van der Waals surface area contributed by atoms with Gasteiger partial charge in [0.2, 0.25) is 5.91 Å². The second kappa shape index (κ2) is 9.99. The lowest BCUT2D eigenvalue weighted by molar-refractivity contribution is -0.132. The van der Waals surface area contributed by atoms with Crippen molar-refractivity contribution in [2.24, 2.45) is 5.92 Å². The molecular weight excluding hydrogens is 454 g/mol. The van der Waals surface area contributed by atoms with E-state index in [9.17, 15) is 9.59 Å². The molecule has 1 aliphatic carbocycles. The van der Waals surface area contributed by atoms with Crippen molar-refractivity contribution in [3.8, 4) is 0 Å². The molecule has 1 saturated heterocycles. The zero-order chi connectivity index (χ0) is 22.8. The van der Waals surface area contributed by atoms with Gasteiger partial charge >= 0.3 is 0 Å². The van der Waals surface area contributed by atoms with E-state index in [-0.39, 0.29) is 17.2 Å². The average Bonchev–Trinajstić information content (AvgIpc) is 3.20. The van der Waals surface area contributed by atoms with Crippen LogP contribution in [0.2, 0.25) is 0 Å². The first-order chi connectivity index (χ1) is 16.1. The summed E-state index contributed by atoms with van der Waals surface area (Å²) in [6.45, 7) is 5.26. The lowest BCUT2D eigenvalue weighted by Crippen LogP contribution is -2.41. The van der Waals surface area contributed by atoms with Gasteiger partial charge in [0.25, 0.3) is 5.56 Å². The van der Waals surface area contributed by atoms with Crippen LogP contribution in [0.15, 0.2) is 40.3 Å². The van der Waals surface area contributed by atoms with E-state index in [1.807, 2.05) is 23.1 Å². The van der Waals surface area contributed by atoms with Crippen molar-refractivity contribution in [3.63, 3.8) is 0 Å². The van der Waals surface area contributed by atoms with E-state index >= 15 is 0 Å². The van der Waals surface area contributed by atoms with Crippen LogP contribution in [0.25, 0.3) is 10.2 Å². The Kier molecular flexibility index (Phi) is 6.85. The first-order valence-corrected chi connectivity index (χ1v) is 13.5. The third kappa shape index (κ3) is 4.88. The van der Waals surface area contributed by atoms with E-state index in [0.717, 1.165) is 35.9 Å². The molecule has 1 aliphatic heterocycles. The molecule has 0 N–H and O–H groups in total. The monoisotopic (exact) mass is 483 g/mol. The molecule has 0 saturated carbocycles. The second-order valence-corrected chi connectivity index (χ2v) is 10.9. The van der Waals surface area contributed by atoms with Gasteiger partial charge in [-0.1, -0.05) is 49.0 Å². The Morgan fingerprint density at radius 2 is 2.03 bits per heavy atom. The van der Waals surface area contributed by atoms with Crippen molar-refractivity contribution in [3.05, 3.63) is 56.7 Å². The van der Waals surface area contributed by atoms with Crippen LogP contribution in [0, 0.1) is 5.92 Å². The number of carbonyl (C=O) groups is 1. The summed E-state index contributed by atoms with van der Waals surface area (Å²) in [6.07, 6.45) is 3.85. The minimum Gasteiger partial charge on any atom is -0.378 e. The zero-order valence-electron chi connectivity index (χ0n) is 18.9. The molecule has 33 heavy (non-hydrogen) atoms. The number of carbonyl (C=O) groups excluding carboxylic acids is 1. The number of morpholine rings is 1. The summed E-state index contributed by atoms with van der Waals surface area (Å²) < 4.78 is 7.16. The van der Waals surface area contributed by atoms with E-state index in [1.54, 1.807) is 15.9 Å². The lowest BCUT2D eigenvalue weighted by atomic mass is 9.89. The van der Waals surface area contributed by atoms with Gasteiger partial charge in [-0.2, -0.15) is 0 Å². The summed E-state index contributed by atoms with van der Waals surface area (Å²) in [5.74, 6) is 1.00. The van der Waals surface area contributed by atoms with Crippen molar-refractivity contribution in [2.45, 2.75) is 44.3 Å². The Labute approximate surface area is 202 Å². The Morgan fingerprint density at radius 3 is 2.82 bits per heavy atom. The Balaban J connectivity index is 1.47. The highest BCUT2D eigenvalue weighted by atomic mass is 32.2. The van der Waals surface area contributed by atoms with Crippen molar-refractivity contribution < 1.29 is 9.53 Å². The number of ether oxygens (including phenoxy) is 1. The highest BCUT2D eigenvalue weighted by molar-refractivity contribution is 7.99. The van der Waals surface area contributed by atoms with Crippen LogP contribution in [-0.2, 0) is 35.3 Å². The first kappa shape index (κ1) is 22.6. The van der Waals surface area contributed by atoms with Crippen LogP contribution in [0.1, 0.15) is 29.3 Å². The van der Waals surface area contributed by atoms with Crippen molar-refractivity contribution in [1.82, 2.24) is 14.5 Å². The summed E-state index contributed by atoms with van der Waals surface area (Å²) in [5, 5.41) is 1.45. The highest BCUT2D eigenvalue weighted by Crippen LogP contribution is 2.36. The van der Waals surface area contributed by atoms with Gasteiger partial charge in [0, 0.05) is 24.5 Å². The topological polar surface area (TPSA) is 64.4 Å². The second-order valence-electron chi connectivity index (χ2n) is 8.90. The highest BCUT2D eigenvalue weighted by Gasteiger charge is 2.25. The summed E-state index contributed by atoms with van der Waals surface area (Å²) in [4.78, 5) is 35.4. The Morgan fingerprint density at radius 1 is 1.24 bits per heavy atom. The fourth-order valence-electron chi connectivity index (χ4n) is 4.63. The van der Waals surface area contributed by atoms with Gasteiger partial charge in [0.05, 0.1) is 24.4 Å². The van der Waals surface area contributed by atoms with Gasteiger partial charge in [-0.15, -0.1) is 11.3 Å². The van der Waals surface area contributed by atoms with Crippen LogP contribution in [0.3, 0.4) is 0 Å². The van der Waals surface area contributed by atoms with E-state index in [1.165, 1.54) is 27.8 Å². The Bertz CT molecular complexity index is 1200. The standard InChI is InChI=1S/C25H29N3O3S2/c1-17-7-8-19-20(15-17)33-23-22(19)24(30)28(10-9-18-5-3-2-4-6-18)25(26-23)32-16-21(29)27-11-13-31-14-12-27/h2-6,17H,7-16H2,1H3/t17-/m1/s1. The van der Waals surface area contributed by atoms with E-state index < -0.39 is 0 Å². The minimum atomic E-state index is 0.0457. The summed E-state index contributed by atoms with van der Waals surface area (Å²) in [5.41, 5.74) is 2.44. The normalized spacial score (nSPS) is 18.5. The van der Waals surface area contributed by atoms with Crippen LogP contribution in [0.4, 0.5) is 0 Å². The fourth-order valence-corrected chi connectivity index (χ4v) is 6.98. The number of amides is 1.